The molecule has 32 heavy (non-hydrogen) atoms. The van der Waals surface area contributed by atoms with E-state index in [1.165, 1.54) is 24.4 Å². The van der Waals surface area contributed by atoms with E-state index < -0.39 is 17.7 Å². The Balaban J connectivity index is 1.67. The first-order valence-electron chi connectivity index (χ1n) is 8.99. The second kappa shape index (κ2) is 11.2. The van der Waals surface area contributed by atoms with Gasteiger partial charge < -0.3 is 9.47 Å². The number of halogens is 4. The Labute approximate surface area is 204 Å². The molecule has 0 saturated carbocycles. The van der Waals surface area contributed by atoms with Gasteiger partial charge in [0.15, 0.2) is 12.4 Å². The van der Waals surface area contributed by atoms with Crippen LogP contribution in [-0.4, -0.2) is 24.7 Å². The fourth-order valence-electron chi connectivity index (χ4n) is 2.44. The molecule has 0 saturated heterocycles. The molecule has 0 aliphatic rings. The summed E-state index contributed by atoms with van der Waals surface area (Å²) in [6.45, 7) is -0.261. The molecule has 164 valence electrons. The van der Waals surface area contributed by atoms with E-state index in [1.54, 1.807) is 36.4 Å². The van der Waals surface area contributed by atoms with Crippen molar-refractivity contribution in [2.45, 2.75) is 0 Å². The van der Waals surface area contributed by atoms with Crippen LogP contribution in [0.3, 0.4) is 0 Å². The van der Waals surface area contributed by atoms with Crippen LogP contribution in [0.1, 0.15) is 15.9 Å². The van der Waals surface area contributed by atoms with Crippen molar-refractivity contribution >= 4 is 61.6 Å². The molecule has 0 aromatic heterocycles. The van der Waals surface area contributed by atoms with Gasteiger partial charge in [0.2, 0.25) is 0 Å². The lowest BCUT2D eigenvalue weighted by Crippen LogP contribution is -2.24. The largest absolute Gasteiger partial charge is 0.484 e. The van der Waals surface area contributed by atoms with Crippen LogP contribution in [0, 0.1) is 5.82 Å². The first-order chi connectivity index (χ1) is 15.3. The summed E-state index contributed by atoms with van der Waals surface area (Å²) < 4.78 is 25.3. The molecule has 0 bridgehead atoms. The number of ether oxygens (including phenoxy) is 2. The van der Waals surface area contributed by atoms with Crippen molar-refractivity contribution in [1.82, 2.24) is 5.43 Å². The average molecular weight is 585 g/mol. The third-order valence-electron chi connectivity index (χ3n) is 3.87. The number of hydrogen-bond donors (Lipinski definition) is 1. The van der Waals surface area contributed by atoms with Gasteiger partial charge in [-0.05, 0) is 70.5 Å². The normalized spacial score (nSPS) is 10.8. The first kappa shape index (κ1) is 23.9. The highest BCUT2D eigenvalue weighted by molar-refractivity contribution is 9.11. The van der Waals surface area contributed by atoms with Crippen LogP contribution in [0.4, 0.5) is 4.39 Å². The molecule has 0 spiro atoms. The van der Waals surface area contributed by atoms with E-state index in [0.717, 1.165) is 6.07 Å². The smallest absolute Gasteiger partial charge is 0.343 e. The number of carbonyl (C=O) groups is 2. The van der Waals surface area contributed by atoms with Crippen LogP contribution in [0.2, 0.25) is 5.02 Å². The number of nitrogens with zero attached hydrogens (tertiary/aromatic N) is 1. The maximum Gasteiger partial charge on any atom is 0.343 e. The summed E-state index contributed by atoms with van der Waals surface area (Å²) in [5, 5.41) is 4.44. The van der Waals surface area contributed by atoms with Crippen molar-refractivity contribution in [3.63, 3.8) is 0 Å². The minimum Gasteiger partial charge on any atom is -0.484 e. The zero-order valence-corrected chi connectivity index (χ0v) is 20.1. The Hall–Kier alpha value is -2.75. The number of rotatable bonds is 7. The minimum absolute atomic E-state index is 0.0513. The third kappa shape index (κ3) is 6.88. The van der Waals surface area contributed by atoms with Gasteiger partial charge in [0, 0.05) is 15.1 Å². The highest BCUT2D eigenvalue weighted by atomic mass is 79.9. The Kier molecular flexibility index (Phi) is 8.38. The quantitative estimate of drug-likeness (QED) is 0.166. The van der Waals surface area contributed by atoms with Gasteiger partial charge in [-0.15, -0.1) is 0 Å². The Morgan fingerprint density at radius 1 is 1.09 bits per heavy atom. The topological polar surface area (TPSA) is 77.0 Å². The lowest BCUT2D eigenvalue weighted by Gasteiger charge is -2.10. The molecule has 0 radical (unpaired) electrons. The van der Waals surface area contributed by atoms with Gasteiger partial charge in [-0.2, -0.15) is 5.10 Å². The van der Waals surface area contributed by atoms with Gasteiger partial charge in [0.1, 0.15) is 11.6 Å². The molecule has 3 aromatic rings. The van der Waals surface area contributed by atoms with E-state index in [2.05, 4.69) is 42.4 Å². The SMILES string of the molecule is O=C(COc1ccc(Cl)cc1)NN=Cc1cc(Br)cc(Br)c1OC(=O)c1cccc(F)c1. The van der Waals surface area contributed by atoms with Crippen molar-refractivity contribution in [2.24, 2.45) is 5.10 Å². The van der Waals surface area contributed by atoms with E-state index in [9.17, 15) is 14.0 Å². The molecular weight excluding hydrogens is 571 g/mol. The van der Waals surface area contributed by atoms with E-state index in [-0.39, 0.29) is 17.9 Å². The monoisotopic (exact) mass is 582 g/mol. The molecule has 10 heteroatoms. The Morgan fingerprint density at radius 3 is 2.56 bits per heavy atom. The number of hydrazone groups is 1. The summed E-state index contributed by atoms with van der Waals surface area (Å²) in [5.74, 6) is -1.17. The summed E-state index contributed by atoms with van der Waals surface area (Å²) in [5.41, 5.74) is 2.77. The van der Waals surface area contributed by atoms with Crippen LogP contribution in [0.5, 0.6) is 11.5 Å². The molecule has 1 N–H and O–H groups in total. The molecular formula is C22H14Br2ClFN2O4. The average Bonchev–Trinajstić information content (AvgIpc) is 2.75. The van der Waals surface area contributed by atoms with E-state index in [0.29, 0.717) is 25.3 Å². The molecule has 3 rings (SSSR count). The Bertz CT molecular complexity index is 1170. The summed E-state index contributed by atoms with van der Waals surface area (Å²) in [6.07, 6.45) is 1.31. The van der Waals surface area contributed by atoms with Crippen molar-refractivity contribution in [3.8, 4) is 11.5 Å². The van der Waals surface area contributed by atoms with E-state index in [4.69, 9.17) is 21.1 Å². The lowest BCUT2D eigenvalue weighted by atomic mass is 10.2. The standard InChI is InChI=1S/C22H14Br2ClFN2O4/c23-15-8-14(11-27-28-20(29)12-31-18-6-4-16(25)5-7-18)21(19(24)10-15)32-22(30)13-2-1-3-17(26)9-13/h1-11H,12H2,(H,28,29). The summed E-state index contributed by atoms with van der Waals surface area (Å²) in [7, 11) is 0. The lowest BCUT2D eigenvalue weighted by molar-refractivity contribution is -0.123. The van der Waals surface area contributed by atoms with Crippen molar-refractivity contribution in [3.05, 3.63) is 91.6 Å². The second-order valence-corrected chi connectivity index (χ2v) is 8.45. The fraction of sp³-hybridized carbons (Fsp3) is 0.0455. The number of amides is 1. The molecule has 6 nitrogen and oxygen atoms in total. The summed E-state index contributed by atoms with van der Waals surface area (Å²) in [4.78, 5) is 24.4. The zero-order chi connectivity index (χ0) is 23.1. The van der Waals surface area contributed by atoms with Crippen LogP contribution in [-0.2, 0) is 4.79 Å². The Morgan fingerprint density at radius 2 is 1.84 bits per heavy atom. The van der Waals surface area contributed by atoms with Gasteiger partial charge >= 0.3 is 5.97 Å². The van der Waals surface area contributed by atoms with Gasteiger partial charge in [-0.1, -0.05) is 33.6 Å². The fourth-order valence-corrected chi connectivity index (χ4v) is 3.90. The van der Waals surface area contributed by atoms with Gasteiger partial charge in [0.05, 0.1) is 16.3 Å². The van der Waals surface area contributed by atoms with Crippen molar-refractivity contribution in [2.75, 3.05) is 6.61 Å². The molecule has 0 aliphatic heterocycles. The number of benzene rings is 3. The highest BCUT2D eigenvalue weighted by Gasteiger charge is 2.16. The number of hydrogen-bond acceptors (Lipinski definition) is 5. The predicted molar refractivity (Wildman–Crippen MR) is 126 cm³/mol. The molecule has 3 aromatic carbocycles. The van der Waals surface area contributed by atoms with Gasteiger partial charge in [-0.3, -0.25) is 4.79 Å². The minimum atomic E-state index is -0.748. The van der Waals surface area contributed by atoms with Crippen LogP contribution in [0.15, 0.2) is 74.7 Å². The summed E-state index contributed by atoms with van der Waals surface area (Å²) >= 11 is 12.5. The number of carbonyl (C=O) groups excluding carboxylic acids is 2. The highest BCUT2D eigenvalue weighted by Crippen LogP contribution is 2.32. The number of esters is 1. The molecule has 0 atom stereocenters. The van der Waals surface area contributed by atoms with Crippen LogP contribution in [0.25, 0.3) is 0 Å². The molecule has 0 heterocycles. The van der Waals surface area contributed by atoms with E-state index in [1.807, 2.05) is 0 Å². The van der Waals surface area contributed by atoms with Crippen LogP contribution >= 0.6 is 43.5 Å². The van der Waals surface area contributed by atoms with Crippen LogP contribution < -0.4 is 14.9 Å². The maximum absolute atomic E-state index is 13.4. The second-order valence-electron chi connectivity index (χ2n) is 6.24. The molecule has 0 aliphatic carbocycles. The predicted octanol–water partition coefficient (Wildman–Crippen LogP) is 5.75. The molecule has 0 fully saturated rings. The zero-order valence-electron chi connectivity index (χ0n) is 16.2. The molecule has 1 amide bonds. The number of nitrogens with one attached hydrogen (secondary N) is 1. The van der Waals surface area contributed by atoms with Gasteiger partial charge in [-0.25, -0.2) is 14.6 Å². The van der Waals surface area contributed by atoms with E-state index >= 15 is 0 Å². The first-order valence-corrected chi connectivity index (χ1v) is 11.0. The van der Waals surface area contributed by atoms with Crippen molar-refractivity contribution in [1.29, 1.82) is 0 Å². The molecule has 0 unspecified atom stereocenters. The van der Waals surface area contributed by atoms with Crippen molar-refractivity contribution < 1.29 is 23.5 Å². The summed E-state index contributed by atoms with van der Waals surface area (Å²) in [6, 6.07) is 15.0. The third-order valence-corrected chi connectivity index (χ3v) is 5.17. The maximum atomic E-state index is 13.4. The van der Waals surface area contributed by atoms with Gasteiger partial charge in [0.25, 0.3) is 5.91 Å².